The van der Waals surface area contributed by atoms with Gasteiger partial charge in [-0.05, 0) is 36.4 Å². The van der Waals surface area contributed by atoms with Crippen molar-refractivity contribution in [3.63, 3.8) is 0 Å². The van der Waals surface area contributed by atoms with Gasteiger partial charge in [-0.3, -0.25) is 23.5 Å². The van der Waals surface area contributed by atoms with Crippen LogP contribution in [0.25, 0.3) is 11.6 Å². The highest BCUT2D eigenvalue weighted by Crippen LogP contribution is 2.28. The number of ether oxygens (including phenoxy) is 2. The molecule has 0 radical (unpaired) electrons. The SMILES string of the molecule is O=Cc1cc(OCCCOc2cc(NC(=O)c3ccc(-n4ccnc4)nn3)c(C(=O)O)cc2F)c(F)cc1NC(=O)c1ccc(-n2ccnc2)nn1. The zero-order valence-electron chi connectivity index (χ0n) is 26.5. The number of imidazole rings is 2. The van der Waals surface area contributed by atoms with Gasteiger partial charge in [-0.2, -0.15) is 0 Å². The number of carbonyl (C=O) groups excluding carboxylic acids is 3. The third kappa shape index (κ3) is 7.88. The molecular formula is C33H24F2N10O7. The smallest absolute Gasteiger partial charge is 0.337 e. The van der Waals surface area contributed by atoms with Crippen LogP contribution >= 0.6 is 0 Å². The van der Waals surface area contributed by atoms with Crippen LogP contribution in [0.2, 0.25) is 0 Å². The molecule has 0 bridgehead atoms. The van der Waals surface area contributed by atoms with E-state index in [-0.39, 0.29) is 59.5 Å². The van der Waals surface area contributed by atoms with E-state index in [1.165, 1.54) is 43.1 Å². The Morgan fingerprint density at radius 2 is 1.27 bits per heavy atom. The zero-order valence-corrected chi connectivity index (χ0v) is 26.5. The van der Waals surface area contributed by atoms with Gasteiger partial charge in [0.05, 0.1) is 30.2 Å². The van der Waals surface area contributed by atoms with Crippen molar-refractivity contribution in [2.75, 3.05) is 23.8 Å². The van der Waals surface area contributed by atoms with Gasteiger partial charge >= 0.3 is 5.97 Å². The van der Waals surface area contributed by atoms with Crippen LogP contribution in [0.4, 0.5) is 20.2 Å². The van der Waals surface area contributed by atoms with Gasteiger partial charge in [0.2, 0.25) is 0 Å². The lowest BCUT2D eigenvalue weighted by molar-refractivity contribution is 0.0697. The monoisotopic (exact) mass is 710 g/mol. The summed E-state index contributed by atoms with van der Waals surface area (Å²) in [6.45, 7) is -0.319. The van der Waals surface area contributed by atoms with Crippen molar-refractivity contribution in [1.29, 1.82) is 0 Å². The number of nitrogens with one attached hydrogen (secondary N) is 2. The maximum atomic E-state index is 14.9. The fourth-order valence-corrected chi connectivity index (χ4v) is 4.58. The first-order valence-corrected chi connectivity index (χ1v) is 15.1. The largest absolute Gasteiger partial charge is 0.490 e. The normalized spacial score (nSPS) is 10.7. The molecule has 6 aromatic rings. The van der Waals surface area contributed by atoms with Crippen LogP contribution in [0.15, 0.2) is 86.0 Å². The molecule has 0 saturated heterocycles. The lowest BCUT2D eigenvalue weighted by atomic mass is 10.1. The fraction of sp³-hybridized carbons (Fsp3) is 0.0909. The summed E-state index contributed by atoms with van der Waals surface area (Å²) in [6, 6.07) is 9.51. The fourth-order valence-electron chi connectivity index (χ4n) is 4.58. The topological polar surface area (TPSA) is 218 Å². The van der Waals surface area contributed by atoms with Gasteiger partial charge < -0.3 is 25.2 Å². The van der Waals surface area contributed by atoms with E-state index in [4.69, 9.17) is 9.47 Å². The van der Waals surface area contributed by atoms with E-state index < -0.39 is 35.0 Å². The Hall–Kier alpha value is -7.44. The van der Waals surface area contributed by atoms with E-state index >= 15 is 0 Å². The Bertz CT molecular complexity index is 2230. The highest BCUT2D eigenvalue weighted by molar-refractivity contribution is 6.07. The first kappa shape index (κ1) is 34.4. The third-order valence-electron chi connectivity index (χ3n) is 7.14. The molecule has 4 aromatic heterocycles. The quantitative estimate of drug-likeness (QED) is 0.108. The number of anilines is 2. The van der Waals surface area contributed by atoms with Gasteiger partial charge in [0.15, 0.2) is 52.4 Å². The summed E-state index contributed by atoms with van der Waals surface area (Å²) < 4.78 is 43.7. The van der Waals surface area contributed by atoms with Crippen molar-refractivity contribution >= 4 is 35.4 Å². The third-order valence-corrected chi connectivity index (χ3v) is 7.14. The highest BCUT2D eigenvalue weighted by Gasteiger charge is 2.20. The predicted octanol–water partition coefficient (Wildman–Crippen LogP) is 3.78. The van der Waals surface area contributed by atoms with E-state index in [2.05, 4.69) is 41.0 Å². The van der Waals surface area contributed by atoms with E-state index in [1.807, 2.05) is 0 Å². The molecule has 0 saturated carbocycles. The van der Waals surface area contributed by atoms with Crippen LogP contribution in [0.1, 0.15) is 48.1 Å². The Morgan fingerprint density at radius 1 is 0.731 bits per heavy atom. The summed E-state index contributed by atoms with van der Waals surface area (Å²) in [6.07, 6.45) is 9.83. The molecule has 4 heterocycles. The number of hydrogen-bond acceptors (Lipinski definition) is 12. The molecule has 6 rings (SSSR count). The van der Waals surface area contributed by atoms with E-state index in [0.717, 1.165) is 18.2 Å². The summed E-state index contributed by atoms with van der Waals surface area (Å²) in [4.78, 5) is 56.9. The average molecular weight is 711 g/mol. The molecule has 0 spiro atoms. The van der Waals surface area contributed by atoms with Crippen LogP contribution in [0, 0.1) is 11.6 Å². The van der Waals surface area contributed by atoms with Gasteiger partial charge in [0.25, 0.3) is 11.8 Å². The van der Waals surface area contributed by atoms with Crippen LogP contribution in [-0.2, 0) is 0 Å². The van der Waals surface area contributed by atoms with Crippen molar-refractivity contribution < 1.29 is 42.5 Å². The second kappa shape index (κ2) is 15.4. The van der Waals surface area contributed by atoms with Crippen molar-refractivity contribution in [3.8, 4) is 23.1 Å². The van der Waals surface area contributed by atoms with Crippen molar-refractivity contribution in [2.24, 2.45) is 0 Å². The number of amides is 2. The number of rotatable bonds is 14. The van der Waals surface area contributed by atoms with Crippen molar-refractivity contribution in [2.45, 2.75) is 6.42 Å². The molecule has 0 aliphatic rings. The van der Waals surface area contributed by atoms with Crippen LogP contribution in [-0.4, -0.2) is 81.9 Å². The molecule has 0 unspecified atom stereocenters. The maximum Gasteiger partial charge on any atom is 0.337 e. The molecule has 2 aromatic carbocycles. The molecule has 0 aliphatic heterocycles. The second-order valence-corrected chi connectivity index (χ2v) is 10.6. The van der Waals surface area contributed by atoms with Gasteiger partial charge in [-0.25, -0.2) is 23.5 Å². The minimum absolute atomic E-state index is 0.0840. The molecule has 0 aliphatic carbocycles. The Labute approximate surface area is 290 Å². The number of benzene rings is 2. The molecule has 17 nitrogen and oxygen atoms in total. The summed E-state index contributed by atoms with van der Waals surface area (Å²) in [5, 5.41) is 30.0. The standard InChI is InChI=1S/C33H24F2N10O7/c34-21-13-20(33(49)50)26(39-32(48)24-3-5-30(43-41-24)45-9-7-37-18-45)15-28(21)52-11-1-10-51-27-12-19(16-46)25(14-22(27)35)38-31(47)23-2-4-29(42-40-23)44-8-6-36-17-44/h2-9,12-18H,1,10-11H2,(H,38,47)(H,39,48)(H,49,50). The minimum atomic E-state index is -1.51. The molecule has 0 atom stereocenters. The van der Waals surface area contributed by atoms with Gasteiger partial charge in [0, 0.05) is 48.9 Å². The molecule has 52 heavy (non-hydrogen) atoms. The maximum absolute atomic E-state index is 14.9. The average Bonchev–Trinajstić information content (AvgIpc) is 3.89. The van der Waals surface area contributed by atoms with Gasteiger partial charge in [-0.1, -0.05) is 0 Å². The number of aldehydes is 1. The Morgan fingerprint density at radius 3 is 1.75 bits per heavy atom. The predicted molar refractivity (Wildman–Crippen MR) is 175 cm³/mol. The highest BCUT2D eigenvalue weighted by atomic mass is 19.1. The van der Waals surface area contributed by atoms with E-state index in [9.17, 15) is 33.1 Å². The molecule has 2 amide bonds. The summed E-state index contributed by atoms with van der Waals surface area (Å²) in [5.74, 6) is -4.84. The molecule has 19 heteroatoms. The summed E-state index contributed by atoms with van der Waals surface area (Å²) >= 11 is 0. The van der Waals surface area contributed by atoms with Gasteiger partial charge in [0.1, 0.15) is 12.7 Å². The van der Waals surface area contributed by atoms with E-state index in [1.54, 1.807) is 27.7 Å². The second-order valence-electron chi connectivity index (χ2n) is 10.6. The minimum Gasteiger partial charge on any atom is -0.490 e. The molecule has 0 fully saturated rings. The Balaban J connectivity index is 1.04. The number of hydrogen-bond donors (Lipinski definition) is 3. The summed E-state index contributed by atoms with van der Waals surface area (Å²) in [5.41, 5.74) is -1.25. The number of aromatic carboxylic acids is 1. The molecular weight excluding hydrogens is 686 g/mol. The van der Waals surface area contributed by atoms with Crippen molar-refractivity contribution in [3.05, 3.63) is 120 Å². The number of carboxylic acid groups (broad SMARTS) is 1. The van der Waals surface area contributed by atoms with Crippen molar-refractivity contribution in [1.82, 2.24) is 39.5 Å². The first-order chi connectivity index (χ1) is 25.2. The first-order valence-electron chi connectivity index (χ1n) is 15.1. The Kier molecular flexibility index (Phi) is 10.2. The van der Waals surface area contributed by atoms with Crippen LogP contribution < -0.4 is 20.1 Å². The number of halogens is 2. The number of carboxylic acids is 1. The summed E-state index contributed by atoms with van der Waals surface area (Å²) in [7, 11) is 0. The number of aromatic nitrogens is 8. The number of nitrogens with zero attached hydrogens (tertiary/aromatic N) is 8. The lowest BCUT2D eigenvalue weighted by Crippen LogP contribution is -2.17. The zero-order chi connectivity index (χ0) is 36.6. The van der Waals surface area contributed by atoms with Gasteiger partial charge in [-0.15, -0.1) is 20.4 Å². The van der Waals surface area contributed by atoms with Crippen LogP contribution in [0.3, 0.4) is 0 Å². The van der Waals surface area contributed by atoms with Crippen LogP contribution in [0.5, 0.6) is 11.5 Å². The molecule has 262 valence electrons. The molecule has 3 N–H and O–H groups in total. The number of carbonyl (C=O) groups is 4. The van der Waals surface area contributed by atoms with E-state index in [0.29, 0.717) is 24.0 Å². The lowest BCUT2D eigenvalue weighted by Gasteiger charge is -2.14.